The van der Waals surface area contributed by atoms with E-state index in [1.165, 1.54) is 12.8 Å². The fraction of sp³-hybridized carbons (Fsp3) is 1.00. The molecule has 0 spiro atoms. The van der Waals surface area contributed by atoms with Gasteiger partial charge in [0.05, 0.1) is 12.2 Å². The highest BCUT2D eigenvalue weighted by molar-refractivity contribution is 4.98. The van der Waals surface area contributed by atoms with Crippen LogP contribution in [-0.2, 0) is 4.74 Å². The van der Waals surface area contributed by atoms with Crippen molar-refractivity contribution >= 4 is 0 Å². The Morgan fingerprint density at radius 3 is 2.55 bits per heavy atom. The van der Waals surface area contributed by atoms with E-state index in [1.807, 2.05) is 0 Å². The normalized spacial score (nSPS) is 49.1. The second-order valence-electron chi connectivity index (χ2n) is 4.53. The molecule has 1 aliphatic heterocycles. The van der Waals surface area contributed by atoms with Crippen molar-refractivity contribution in [1.82, 2.24) is 0 Å². The number of hydrogen-bond donors (Lipinski definition) is 0. The maximum Gasteiger partial charge on any atom is 0.0875 e. The third kappa shape index (κ3) is 1.20. The minimum Gasteiger partial charge on any atom is -0.369 e. The number of hydrogen-bond acceptors (Lipinski definition) is 1. The van der Waals surface area contributed by atoms with Gasteiger partial charge in [-0.2, -0.15) is 0 Å². The summed E-state index contributed by atoms with van der Waals surface area (Å²) < 4.78 is 5.66. The minimum atomic E-state index is 0.635. The Kier molecular flexibility index (Phi) is 1.71. The topological polar surface area (TPSA) is 12.5 Å². The smallest absolute Gasteiger partial charge is 0.0875 e. The lowest BCUT2D eigenvalue weighted by atomic mass is 9.78. The summed E-state index contributed by atoms with van der Waals surface area (Å²) in [5.41, 5.74) is 0. The maximum absolute atomic E-state index is 5.66. The van der Waals surface area contributed by atoms with Gasteiger partial charge in [-0.3, -0.25) is 0 Å². The van der Waals surface area contributed by atoms with Crippen molar-refractivity contribution in [1.29, 1.82) is 0 Å². The monoisotopic (exact) mass is 154 g/mol. The molecule has 0 bridgehead atoms. The van der Waals surface area contributed by atoms with Crippen LogP contribution in [0.1, 0.15) is 33.6 Å². The lowest BCUT2D eigenvalue weighted by Gasteiger charge is -2.24. The Balaban J connectivity index is 1.97. The predicted octanol–water partition coefficient (Wildman–Crippen LogP) is 2.46. The van der Waals surface area contributed by atoms with Crippen molar-refractivity contribution < 1.29 is 4.74 Å². The molecular formula is C10H18O. The molecule has 1 unspecified atom stereocenters. The van der Waals surface area contributed by atoms with Gasteiger partial charge in [-0.05, 0) is 30.6 Å². The molecule has 0 aromatic rings. The van der Waals surface area contributed by atoms with E-state index in [0.29, 0.717) is 12.2 Å². The van der Waals surface area contributed by atoms with Crippen LogP contribution in [0.2, 0.25) is 0 Å². The third-order valence-electron chi connectivity index (χ3n) is 3.36. The summed E-state index contributed by atoms with van der Waals surface area (Å²) >= 11 is 0. The van der Waals surface area contributed by atoms with Crippen LogP contribution in [0.25, 0.3) is 0 Å². The van der Waals surface area contributed by atoms with E-state index in [2.05, 4.69) is 20.8 Å². The van der Waals surface area contributed by atoms with Crippen LogP contribution in [0.4, 0.5) is 0 Å². The van der Waals surface area contributed by atoms with E-state index in [1.54, 1.807) is 0 Å². The lowest BCUT2D eigenvalue weighted by molar-refractivity contribution is 0.257. The van der Waals surface area contributed by atoms with E-state index in [0.717, 1.165) is 17.8 Å². The van der Waals surface area contributed by atoms with Gasteiger partial charge < -0.3 is 4.74 Å². The van der Waals surface area contributed by atoms with Crippen molar-refractivity contribution in [3.8, 4) is 0 Å². The number of ether oxygens (including phenoxy) is 1. The van der Waals surface area contributed by atoms with Gasteiger partial charge in [0.15, 0.2) is 0 Å². The molecule has 4 atom stereocenters. The second-order valence-corrected chi connectivity index (χ2v) is 4.53. The summed E-state index contributed by atoms with van der Waals surface area (Å²) in [4.78, 5) is 0. The molecule has 0 aromatic carbocycles. The fourth-order valence-electron chi connectivity index (χ4n) is 2.44. The van der Waals surface area contributed by atoms with Crippen LogP contribution in [0.15, 0.2) is 0 Å². The van der Waals surface area contributed by atoms with E-state index < -0.39 is 0 Å². The molecule has 2 aliphatic rings. The van der Waals surface area contributed by atoms with Crippen LogP contribution in [0.5, 0.6) is 0 Å². The summed E-state index contributed by atoms with van der Waals surface area (Å²) in [7, 11) is 0. The molecule has 1 saturated carbocycles. The predicted molar refractivity (Wildman–Crippen MR) is 45.4 cm³/mol. The Bertz CT molecular complexity index is 153. The van der Waals surface area contributed by atoms with Gasteiger partial charge in [0.25, 0.3) is 0 Å². The molecule has 1 nitrogen and oxygen atoms in total. The molecule has 0 aromatic heterocycles. The summed E-state index contributed by atoms with van der Waals surface area (Å²) in [6.45, 7) is 6.96. The van der Waals surface area contributed by atoms with Crippen molar-refractivity contribution in [2.24, 2.45) is 17.8 Å². The van der Waals surface area contributed by atoms with E-state index in [4.69, 9.17) is 4.74 Å². The molecular weight excluding hydrogens is 136 g/mol. The van der Waals surface area contributed by atoms with Gasteiger partial charge in [0.1, 0.15) is 0 Å². The van der Waals surface area contributed by atoms with Gasteiger partial charge in [-0.15, -0.1) is 0 Å². The highest BCUT2D eigenvalue weighted by Gasteiger charge is 2.51. The van der Waals surface area contributed by atoms with Crippen LogP contribution in [-0.4, -0.2) is 12.2 Å². The van der Waals surface area contributed by atoms with Crippen LogP contribution >= 0.6 is 0 Å². The summed E-state index contributed by atoms with van der Waals surface area (Å²) in [5.74, 6) is 2.50. The highest BCUT2D eigenvalue weighted by atomic mass is 16.6. The lowest BCUT2D eigenvalue weighted by Crippen LogP contribution is -2.25. The number of epoxide rings is 1. The van der Waals surface area contributed by atoms with Gasteiger partial charge in [-0.25, -0.2) is 0 Å². The molecule has 0 N–H and O–H groups in total. The Morgan fingerprint density at radius 1 is 1.18 bits per heavy atom. The molecule has 1 heteroatoms. The van der Waals surface area contributed by atoms with Crippen molar-refractivity contribution in [2.75, 3.05) is 0 Å². The first-order chi connectivity index (χ1) is 5.20. The SMILES string of the molecule is CC(C)[C@@H]1CCC(C)[C@@H]2O[C@H]12. The molecule has 64 valence electrons. The van der Waals surface area contributed by atoms with Crippen LogP contribution in [0.3, 0.4) is 0 Å². The van der Waals surface area contributed by atoms with Crippen LogP contribution in [0, 0.1) is 17.8 Å². The molecule has 1 aliphatic carbocycles. The van der Waals surface area contributed by atoms with Crippen molar-refractivity contribution in [2.45, 2.75) is 45.8 Å². The molecule has 1 saturated heterocycles. The molecule has 0 amide bonds. The first-order valence-electron chi connectivity index (χ1n) is 4.85. The Labute approximate surface area is 69.1 Å². The number of fused-ring (bicyclic) bond motifs is 1. The molecule has 11 heavy (non-hydrogen) atoms. The molecule has 1 heterocycles. The van der Waals surface area contributed by atoms with E-state index in [9.17, 15) is 0 Å². The van der Waals surface area contributed by atoms with Crippen molar-refractivity contribution in [3.63, 3.8) is 0 Å². The quantitative estimate of drug-likeness (QED) is 0.528. The first kappa shape index (κ1) is 7.60. The van der Waals surface area contributed by atoms with E-state index >= 15 is 0 Å². The zero-order valence-electron chi connectivity index (χ0n) is 7.71. The third-order valence-corrected chi connectivity index (χ3v) is 3.36. The molecule has 0 radical (unpaired) electrons. The summed E-state index contributed by atoms with van der Waals surface area (Å²) in [6.07, 6.45) is 4.04. The second kappa shape index (κ2) is 2.48. The zero-order chi connectivity index (χ0) is 8.01. The minimum absolute atomic E-state index is 0.635. The highest BCUT2D eigenvalue weighted by Crippen LogP contribution is 2.46. The average Bonchev–Trinajstić information content (AvgIpc) is 2.66. The van der Waals surface area contributed by atoms with Gasteiger partial charge in [-0.1, -0.05) is 20.8 Å². The van der Waals surface area contributed by atoms with Crippen LogP contribution < -0.4 is 0 Å². The van der Waals surface area contributed by atoms with Gasteiger partial charge in [0.2, 0.25) is 0 Å². The van der Waals surface area contributed by atoms with Crippen molar-refractivity contribution in [3.05, 3.63) is 0 Å². The van der Waals surface area contributed by atoms with E-state index in [-0.39, 0.29) is 0 Å². The number of rotatable bonds is 1. The fourth-order valence-corrected chi connectivity index (χ4v) is 2.44. The Hall–Kier alpha value is -0.0400. The molecule has 2 fully saturated rings. The average molecular weight is 154 g/mol. The maximum atomic E-state index is 5.66. The van der Waals surface area contributed by atoms with Gasteiger partial charge in [0, 0.05) is 0 Å². The largest absolute Gasteiger partial charge is 0.369 e. The first-order valence-corrected chi connectivity index (χ1v) is 4.85. The molecule has 2 rings (SSSR count). The van der Waals surface area contributed by atoms with Gasteiger partial charge >= 0.3 is 0 Å². The summed E-state index contributed by atoms with van der Waals surface area (Å²) in [6, 6.07) is 0. The summed E-state index contributed by atoms with van der Waals surface area (Å²) in [5, 5.41) is 0. The standard InChI is InChI=1S/C10H18O/c1-6(2)8-5-4-7(3)9-10(8)11-9/h6-10H,4-5H2,1-3H3/t7?,8-,9-,10+/m0/s1. The zero-order valence-corrected chi connectivity index (χ0v) is 7.71. The Morgan fingerprint density at radius 2 is 1.91 bits per heavy atom.